The minimum atomic E-state index is -0.247. The summed E-state index contributed by atoms with van der Waals surface area (Å²) in [4.78, 5) is 26.6. The standard InChI is InChI=1S/C28H45N2O2.ClH/c1-4-5-6-7-8-9-10-11-12-16-20-26-23-27(31)29(28(26)32)21-17-22-30(2,3)24-25-18-14-13-15-19-25;/h13-16,18-20,26H,4-12,17,21-24H2,1-3H3;1H/q+1;/p-1/b20-16+;. The summed E-state index contributed by atoms with van der Waals surface area (Å²) >= 11 is 0. The highest BCUT2D eigenvalue weighted by molar-refractivity contribution is 6.04. The number of likely N-dealkylation sites (tertiary alicyclic amines) is 1. The Kier molecular flexibility index (Phi) is 14.3. The van der Waals surface area contributed by atoms with Gasteiger partial charge in [-0.15, -0.1) is 0 Å². The van der Waals surface area contributed by atoms with Gasteiger partial charge in [0, 0.05) is 24.9 Å². The molecule has 1 unspecified atom stereocenters. The molecular formula is C28H45ClN2O2. The Morgan fingerprint density at radius 3 is 2.24 bits per heavy atom. The molecule has 1 aliphatic rings. The van der Waals surface area contributed by atoms with Gasteiger partial charge < -0.3 is 16.9 Å². The molecule has 2 amide bonds. The molecule has 1 aromatic rings. The third-order valence-electron chi connectivity index (χ3n) is 6.47. The molecule has 4 nitrogen and oxygen atoms in total. The van der Waals surface area contributed by atoms with Crippen molar-refractivity contribution in [2.75, 3.05) is 27.2 Å². The third-order valence-corrected chi connectivity index (χ3v) is 6.47. The maximum Gasteiger partial charge on any atom is 0.236 e. The number of amides is 2. The first kappa shape index (κ1) is 29.4. The second-order valence-corrected chi connectivity index (χ2v) is 10.0. The van der Waals surface area contributed by atoms with Crippen LogP contribution in [0.2, 0.25) is 0 Å². The number of hydrogen-bond acceptors (Lipinski definition) is 2. The second-order valence-electron chi connectivity index (χ2n) is 10.0. The van der Waals surface area contributed by atoms with Gasteiger partial charge in [-0.2, -0.15) is 0 Å². The van der Waals surface area contributed by atoms with E-state index in [1.807, 2.05) is 12.1 Å². The predicted octanol–water partition coefficient (Wildman–Crippen LogP) is 3.12. The summed E-state index contributed by atoms with van der Waals surface area (Å²) in [5.74, 6) is -0.260. The number of hydrogen-bond donors (Lipinski definition) is 0. The number of benzene rings is 1. The third kappa shape index (κ3) is 11.4. The molecule has 33 heavy (non-hydrogen) atoms. The fourth-order valence-electron chi connectivity index (χ4n) is 4.56. The molecule has 0 aromatic heterocycles. The normalized spacial score (nSPS) is 16.6. The number of rotatable bonds is 16. The second kappa shape index (κ2) is 16.1. The molecule has 1 atom stereocenters. The number of imide groups is 1. The lowest BCUT2D eigenvalue weighted by Gasteiger charge is -2.30. The van der Waals surface area contributed by atoms with E-state index in [1.165, 1.54) is 61.8 Å². The summed E-state index contributed by atoms with van der Waals surface area (Å²) in [5.41, 5.74) is 1.31. The van der Waals surface area contributed by atoms with Crippen LogP contribution in [0.5, 0.6) is 0 Å². The molecule has 0 spiro atoms. The van der Waals surface area contributed by atoms with E-state index in [4.69, 9.17) is 0 Å². The van der Waals surface area contributed by atoms with Gasteiger partial charge in [-0.05, 0) is 12.8 Å². The number of allylic oxidation sites excluding steroid dienone is 1. The van der Waals surface area contributed by atoms with Crippen LogP contribution < -0.4 is 12.4 Å². The minimum Gasteiger partial charge on any atom is -1.00 e. The van der Waals surface area contributed by atoms with Gasteiger partial charge >= 0.3 is 0 Å². The first-order valence-corrected chi connectivity index (χ1v) is 12.8. The van der Waals surface area contributed by atoms with Crippen LogP contribution in [0.4, 0.5) is 0 Å². The number of unbranched alkanes of at least 4 members (excludes halogenated alkanes) is 8. The Balaban J connectivity index is 0.00000544. The van der Waals surface area contributed by atoms with E-state index < -0.39 is 0 Å². The van der Waals surface area contributed by atoms with Gasteiger partial charge in [0.05, 0.1) is 26.6 Å². The zero-order chi connectivity index (χ0) is 23.2. The van der Waals surface area contributed by atoms with Gasteiger partial charge in [-0.3, -0.25) is 14.5 Å². The topological polar surface area (TPSA) is 37.4 Å². The fraction of sp³-hybridized carbons (Fsp3) is 0.643. The maximum atomic E-state index is 12.7. The summed E-state index contributed by atoms with van der Waals surface area (Å²) in [6.45, 7) is 4.68. The van der Waals surface area contributed by atoms with E-state index in [0.29, 0.717) is 13.0 Å². The molecule has 1 aromatic carbocycles. The molecule has 1 fully saturated rings. The molecule has 0 aliphatic carbocycles. The van der Waals surface area contributed by atoms with Gasteiger partial charge in [0.1, 0.15) is 6.54 Å². The lowest BCUT2D eigenvalue weighted by Crippen LogP contribution is -3.00. The first-order valence-electron chi connectivity index (χ1n) is 12.8. The van der Waals surface area contributed by atoms with Gasteiger partial charge in [0.15, 0.2) is 0 Å². The average Bonchev–Trinajstić information content (AvgIpc) is 3.03. The van der Waals surface area contributed by atoms with E-state index >= 15 is 0 Å². The molecule has 0 N–H and O–H groups in total. The van der Waals surface area contributed by atoms with Crippen LogP contribution >= 0.6 is 0 Å². The van der Waals surface area contributed by atoms with Crippen LogP contribution in [-0.2, 0) is 16.1 Å². The number of quaternary nitrogens is 1. The number of nitrogens with zero attached hydrogens (tertiary/aromatic N) is 2. The summed E-state index contributed by atoms with van der Waals surface area (Å²) < 4.78 is 0.849. The highest BCUT2D eigenvalue weighted by Crippen LogP contribution is 2.22. The van der Waals surface area contributed by atoms with Crippen molar-refractivity contribution in [2.45, 2.75) is 84.1 Å². The van der Waals surface area contributed by atoms with Crippen molar-refractivity contribution < 1.29 is 26.5 Å². The molecule has 0 saturated carbocycles. The molecular weight excluding hydrogens is 432 g/mol. The Morgan fingerprint density at radius 1 is 0.939 bits per heavy atom. The monoisotopic (exact) mass is 476 g/mol. The zero-order valence-corrected chi connectivity index (χ0v) is 21.9. The fourth-order valence-corrected chi connectivity index (χ4v) is 4.56. The van der Waals surface area contributed by atoms with Crippen LogP contribution in [0.3, 0.4) is 0 Å². The van der Waals surface area contributed by atoms with Crippen molar-refractivity contribution in [3.05, 3.63) is 48.0 Å². The Hall–Kier alpha value is -1.65. The van der Waals surface area contributed by atoms with Crippen molar-refractivity contribution in [1.29, 1.82) is 0 Å². The van der Waals surface area contributed by atoms with Crippen LogP contribution in [0.25, 0.3) is 0 Å². The van der Waals surface area contributed by atoms with Crippen molar-refractivity contribution in [3.63, 3.8) is 0 Å². The Bertz CT molecular complexity index is 718. The van der Waals surface area contributed by atoms with E-state index in [2.05, 4.69) is 51.4 Å². The first-order chi connectivity index (χ1) is 15.4. The highest BCUT2D eigenvalue weighted by Gasteiger charge is 2.36. The SMILES string of the molecule is CCCCCCCCCC/C=C/C1CC(=O)N(CCC[N+](C)(C)Cc2ccccc2)C1=O.[Cl-]. The lowest BCUT2D eigenvalue weighted by molar-refractivity contribution is -0.903. The van der Waals surface area contributed by atoms with Crippen LogP contribution in [0.1, 0.15) is 83.1 Å². The molecule has 1 saturated heterocycles. The molecule has 186 valence electrons. The number of halogens is 1. The maximum absolute atomic E-state index is 12.7. The van der Waals surface area contributed by atoms with Crippen molar-refractivity contribution in [3.8, 4) is 0 Å². The van der Waals surface area contributed by atoms with Crippen LogP contribution in [-0.4, -0.2) is 48.4 Å². The smallest absolute Gasteiger partial charge is 0.236 e. The number of carbonyl (C=O) groups is 2. The number of carbonyl (C=O) groups excluding carboxylic acids is 2. The summed E-state index contributed by atoms with van der Waals surface area (Å²) in [6, 6.07) is 10.5. The van der Waals surface area contributed by atoms with E-state index in [0.717, 1.165) is 30.4 Å². The Labute approximate surface area is 208 Å². The lowest BCUT2D eigenvalue weighted by atomic mass is 10.0. The van der Waals surface area contributed by atoms with Gasteiger partial charge in [0.2, 0.25) is 11.8 Å². The largest absolute Gasteiger partial charge is 1.00 e. The summed E-state index contributed by atoms with van der Waals surface area (Å²) in [5, 5.41) is 0. The summed E-state index contributed by atoms with van der Waals surface area (Å²) in [6.07, 6.45) is 16.8. The molecule has 0 bridgehead atoms. The Morgan fingerprint density at radius 2 is 1.58 bits per heavy atom. The average molecular weight is 477 g/mol. The predicted molar refractivity (Wildman–Crippen MR) is 133 cm³/mol. The molecule has 2 rings (SSSR count). The molecule has 5 heteroatoms. The van der Waals surface area contributed by atoms with E-state index in [1.54, 1.807) is 0 Å². The minimum absolute atomic E-state index is 0. The van der Waals surface area contributed by atoms with Crippen molar-refractivity contribution in [2.24, 2.45) is 5.92 Å². The quantitative estimate of drug-likeness (QED) is 0.159. The van der Waals surface area contributed by atoms with E-state index in [-0.39, 0.29) is 30.1 Å². The van der Waals surface area contributed by atoms with Crippen molar-refractivity contribution >= 4 is 11.8 Å². The summed E-state index contributed by atoms with van der Waals surface area (Å²) in [7, 11) is 4.41. The molecule has 1 aliphatic heterocycles. The van der Waals surface area contributed by atoms with E-state index in [9.17, 15) is 9.59 Å². The highest BCUT2D eigenvalue weighted by atomic mass is 35.5. The van der Waals surface area contributed by atoms with Crippen LogP contribution in [0.15, 0.2) is 42.5 Å². The van der Waals surface area contributed by atoms with Gasteiger partial charge in [-0.1, -0.05) is 94.4 Å². The van der Waals surface area contributed by atoms with Gasteiger partial charge in [0.25, 0.3) is 0 Å². The molecule has 0 radical (unpaired) electrons. The van der Waals surface area contributed by atoms with Gasteiger partial charge in [-0.25, -0.2) is 0 Å². The van der Waals surface area contributed by atoms with Crippen LogP contribution in [0, 0.1) is 5.92 Å². The molecule has 1 heterocycles. The van der Waals surface area contributed by atoms with Crippen molar-refractivity contribution in [1.82, 2.24) is 4.90 Å². The zero-order valence-electron chi connectivity index (χ0n) is 21.1.